The second-order valence-corrected chi connectivity index (χ2v) is 2.84. The molecule has 0 aliphatic rings. The number of esters is 2. The lowest BCUT2D eigenvalue weighted by Crippen LogP contribution is -2.05. The molecular weight excluding hydrogens is 216 g/mol. The van der Waals surface area contributed by atoms with Gasteiger partial charge < -0.3 is 19.7 Å². The molecule has 0 radical (unpaired) electrons. The molecule has 1 rings (SSSR count). The van der Waals surface area contributed by atoms with E-state index in [1.54, 1.807) is 0 Å². The largest absolute Gasteiger partial charge is 0.504 e. The Balaban J connectivity index is 3.28. The zero-order valence-corrected chi connectivity index (χ0v) is 8.68. The number of benzene rings is 1. The molecule has 0 aliphatic carbocycles. The number of carbonyl (C=O) groups is 2. The molecule has 0 unspecified atom stereocenters. The van der Waals surface area contributed by atoms with Crippen LogP contribution in [0.4, 0.5) is 0 Å². The van der Waals surface area contributed by atoms with Crippen LogP contribution in [0.5, 0.6) is 11.5 Å². The van der Waals surface area contributed by atoms with Crippen molar-refractivity contribution in [3.05, 3.63) is 23.3 Å². The molecule has 6 heteroatoms. The molecule has 0 bridgehead atoms. The van der Waals surface area contributed by atoms with Crippen molar-refractivity contribution in [2.24, 2.45) is 0 Å². The maximum Gasteiger partial charge on any atom is 0.341 e. The van der Waals surface area contributed by atoms with Gasteiger partial charge in [0.2, 0.25) is 0 Å². The molecule has 86 valence electrons. The number of ether oxygens (including phenoxy) is 2. The molecule has 0 fully saturated rings. The average Bonchev–Trinajstić information content (AvgIpc) is 2.30. The molecule has 6 nitrogen and oxygen atoms in total. The SMILES string of the molecule is COC(=O)c1ccc(C(=O)OC)c(O)c1O. The highest BCUT2D eigenvalue weighted by molar-refractivity contribution is 5.98. The van der Waals surface area contributed by atoms with Crippen molar-refractivity contribution in [1.29, 1.82) is 0 Å². The lowest BCUT2D eigenvalue weighted by molar-refractivity contribution is 0.0580. The fraction of sp³-hybridized carbons (Fsp3) is 0.200. The Labute approximate surface area is 91.0 Å². The first kappa shape index (κ1) is 11.8. The van der Waals surface area contributed by atoms with Gasteiger partial charge in [0.15, 0.2) is 11.5 Å². The molecule has 0 aliphatic heterocycles. The summed E-state index contributed by atoms with van der Waals surface area (Å²) in [6.07, 6.45) is 0. The predicted octanol–water partition coefficient (Wildman–Crippen LogP) is 0.671. The van der Waals surface area contributed by atoms with Crippen LogP contribution in [-0.2, 0) is 9.47 Å². The molecule has 0 amide bonds. The first-order valence-electron chi connectivity index (χ1n) is 4.24. The Morgan fingerprint density at radius 1 is 0.938 bits per heavy atom. The summed E-state index contributed by atoms with van der Waals surface area (Å²) in [5, 5.41) is 18.9. The first-order chi connectivity index (χ1) is 7.52. The van der Waals surface area contributed by atoms with Crippen molar-refractivity contribution in [3.8, 4) is 11.5 Å². The number of hydrogen-bond acceptors (Lipinski definition) is 6. The van der Waals surface area contributed by atoms with Crippen molar-refractivity contribution in [2.75, 3.05) is 14.2 Å². The van der Waals surface area contributed by atoms with Crippen LogP contribution >= 0.6 is 0 Å². The fourth-order valence-electron chi connectivity index (χ4n) is 1.13. The van der Waals surface area contributed by atoms with E-state index >= 15 is 0 Å². The van der Waals surface area contributed by atoms with Crippen LogP contribution in [0.3, 0.4) is 0 Å². The molecule has 0 saturated heterocycles. The topological polar surface area (TPSA) is 93.1 Å². The summed E-state index contributed by atoms with van der Waals surface area (Å²) in [7, 11) is 2.26. The summed E-state index contributed by atoms with van der Waals surface area (Å²) >= 11 is 0. The highest BCUT2D eigenvalue weighted by Crippen LogP contribution is 2.33. The van der Waals surface area contributed by atoms with E-state index in [9.17, 15) is 19.8 Å². The van der Waals surface area contributed by atoms with E-state index < -0.39 is 23.4 Å². The number of carbonyl (C=O) groups excluding carboxylic acids is 2. The van der Waals surface area contributed by atoms with Crippen LogP contribution in [-0.4, -0.2) is 36.4 Å². The van der Waals surface area contributed by atoms with Crippen LogP contribution in [0.15, 0.2) is 12.1 Å². The molecule has 0 heterocycles. The third kappa shape index (κ3) is 1.90. The van der Waals surface area contributed by atoms with E-state index in [0.717, 1.165) is 26.4 Å². The van der Waals surface area contributed by atoms with Crippen LogP contribution in [0.2, 0.25) is 0 Å². The van der Waals surface area contributed by atoms with Crippen LogP contribution in [0, 0.1) is 0 Å². The van der Waals surface area contributed by atoms with Gasteiger partial charge in [-0.3, -0.25) is 0 Å². The number of rotatable bonds is 2. The normalized spacial score (nSPS) is 9.62. The fourth-order valence-corrected chi connectivity index (χ4v) is 1.13. The minimum atomic E-state index is -0.816. The second kappa shape index (κ2) is 4.52. The van der Waals surface area contributed by atoms with Gasteiger partial charge in [-0.25, -0.2) is 9.59 Å². The smallest absolute Gasteiger partial charge is 0.341 e. The summed E-state index contributed by atoms with van der Waals surface area (Å²) < 4.78 is 8.75. The number of phenolic OH excluding ortho intramolecular Hbond substituents is 2. The zero-order valence-electron chi connectivity index (χ0n) is 8.68. The number of methoxy groups -OCH3 is 2. The second-order valence-electron chi connectivity index (χ2n) is 2.84. The van der Waals surface area contributed by atoms with E-state index in [2.05, 4.69) is 9.47 Å². The van der Waals surface area contributed by atoms with E-state index in [0.29, 0.717) is 0 Å². The molecule has 0 saturated carbocycles. The maximum atomic E-state index is 11.1. The van der Waals surface area contributed by atoms with Crippen LogP contribution in [0.1, 0.15) is 20.7 Å². The Morgan fingerprint density at radius 3 is 1.50 bits per heavy atom. The Bertz CT molecular complexity index is 396. The van der Waals surface area contributed by atoms with Gasteiger partial charge in [0, 0.05) is 0 Å². The third-order valence-corrected chi connectivity index (χ3v) is 1.96. The summed E-state index contributed by atoms with van der Waals surface area (Å²) in [6, 6.07) is 2.32. The summed E-state index contributed by atoms with van der Waals surface area (Å²) in [6.45, 7) is 0. The molecule has 0 aromatic heterocycles. The Morgan fingerprint density at radius 2 is 1.25 bits per heavy atom. The average molecular weight is 226 g/mol. The minimum absolute atomic E-state index is 0.229. The summed E-state index contributed by atoms with van der Waals surface area (Å²) in [5.74, 6) is -3.06. The summed E-state index contributed by atoms with van der Waals surface area (Å²) in [4.78, 5) is 22.3. The summed E-state index contributed by atoms with van der Waals surface area (Å²) in [5.41, 5.74) is -0.458. The molecule has 16 heavy (non-hydrogen) atoms. The van der Waals surface area contributed by atoms with E-state index in [1.807, 2.05) is 0 Å². The predicted molar refractivity (Wildman–Crippen MR) is 52.5 cm³/mol. The highest BCUT2D eigenvalue weighted by atomic mass is 16.5. The van der Waals surface area contributed by atoms with E-state index in [-0.39, 0.29) is 11.1 Å². The zero-order chi connectivity index (χ0) is 12.3. The Hall–Kier alpha value is -2.24. The van der Waals surface area contributed by atoms with Gasteiger partial charge >= 0.3 is 11.9 Å². The molecule has 0 spiro atoms. The van der Waals surface area contributed by atoms with Crippen molar-refractivity contribution < 1.29 is 29.3 Å². The highest BCUT2D eigenvalue weighted by Gasteiger charge is 2.21. The number of hydrogen-bond donors (Lipinski definition) is 2. The van der Waals surface area contributed by atoms with Gasteiger partial charge in [0.1, 0.15) is 11.1 Å². The van der Waals surface area contributed by atoms with E-state index in [1.165, 1.54) is 0 Å². The number of phenols is 2. The van der Waals surface area contributed by atoms with Crippen molar-refractivity contribution in [3.63, 3.8) is 0 Å². The van der Waals surface area contributed by atoms with Crippen molar-refractivity contribution in [1.82, 2.24) is 0 Å². The molecule has 1 aromatic carbocycles. The van der Waals surface area contributed by atoms with Crippen LogP contribution in [0.25, 0.3) is 0 Å². The molecule has 1 aromatic rings. The van der Waals surface area contributed by atoms with Gasteiger partial charge in [0.25, 0.3) is 0 Å². The molecular formula is C10H10O6. The van der Waals surface area contributed by atoms with Crippen molar-refractivity contribution in [2.45, 2.75) is 0 Å². The quantitative estimate of drug-likeness (QED) is 0.568. The van der Waals surface area contributed by atoms with Gasteiger partial charge in [-0.1, -0.05) is 0 Å². The van der Waals surface area contributed by atoms with E-state index in [4.69, 9.17) is 0 Å². The van der Waals surface area contributed by atoms with Gasteiger partial charge in [-0.2, -0.15) is 0 Å². The van der Waals surface area contributed by atoms with Gasteiger partial charge in [-0.15, -0.1) is 0 Å². The van der Waals surface area contributed by atoms with Gasteiger partial charge in [-0.05, 0) is 12.1 Å². The first-order valence-corrected chi connectivity index (χ1v) is 4.24. The molecule has 2 N–H and O–H groups in total. The lowest BCUT2D eigenvalue weighted by atomic mass is 10.1. The minimum Gasteiger partial charge on any atom is -0.504 e. The molecule has 0 atom stereocenters. The standard InChI is InChI=1S/C10H10O6/c1-15-9(13)5-3-4-6(10(14)16-2)8(12)7(5)11/h3-4,11-12H,1-2H3. The number of aromatic hydroxyl groups is 2. The van der Waals surface area contributed by atoms with Crippen LogP contribution < -0.4 is 0 Å². The third-order valence-electron chi connectivity index (χ3n) is 1.96. The lowest BCUT2D eigenvalue weighted by Gasteiger charge is -2.07. The van der Waals surface area contributed by atoms with Crippen molar-refractivity contribution >= 4 is 11.9 Å². The van der Waals surface area contributed by atoms with Gasteiger partial charge in [0.05, 0.1) is 14.2 Å². The Kier molecular flexibility index (Phi) is 3.34. The maximum absolute atomic E-state index is 11.1. The monoisotopic (exact) mass is 226 g/mol.